The zero-order valence-electron chi connectivity index (χ0n) is 14.4. The normalized spacial score (nSPS) is 14.6. The summed E-state index contributed by atoms with van der Waals surface area (Å²) in [5.74, 6) is 1.02. The molecule has 0 unspecified atom stereocenters. The third kappa shape index (κ3) is 5.75. The van der Waals surface area contributed by atoms with Gasteiger partial charge in [-0.15, -0.1) is 12.4 Å². The molecule has 1 amide bonds. The van der Waals surface area contributed by atoms with E-state index in [1.807, 2.05) is 7.05 Å². The smallest absolute Gasteiger partial charge is 0.311 e. The second kappa shape index (κ2) is 10.0. The number of halogens is 1. The zero-order valence-corrected chi connectivity index (χ0v) is 15.2. The molecule has 1 saturated heterocycles. The molecule has 25 heavy (non-hydrogen) atoms. The Balaban J connectivity index is 0.00000312. The highest BCUT2D eigenvalue weighted by molar-refractivity contribution is 5.85. The summed E-state index contributed by atoms with van der Waals surface area (Å²) < 4.78 is 10.4. The van der Waals surface area contributed by atoms with Crippen molar-refractivity contribution < 1.29 is 19.2 Å². The molecule has 1 aliphatic rings. The van der Waals surface area contributed by atoms with Gasteiger partial charge in [-0.25, -0.2) is 0 Å². The van der Waals surface area contributed by atoms with Crippen LogP contribution in [0.15, 0.2) is 18.2 Å². The van der Waals surface area contributed by atoms with Crippen molar-refractivity contribution in [1.82, 2.24) is 10.2 Å². The number of nitro benzene ring substituents is 1. The summed E-state index contributed by atoms with van der Waals surface area (Å²) >= 11 is 0. The number of likely N-dealkylation sites (tertiary alicyclic amines) is 1. The number of rotatable bonds is 7. The quantitative estimate of drug-likeness (QED) is 0.579. The van der Waals surface area contributed by atoms with E-state index in [0.717, 1.165) is 32.5 Å². The number of nitrogens with one attached hydrogen (secondary N) is 1. The molecular weight excluding hydrogens is 350 g/mol. The maximum Gasteiger partial charge on any atom is 0.311 e. The predicted molar refractivity (Wildman–Crippen MR) is 95.6 cm³/mol. The SMILES string of the molecule is CNCC1CCN(C(=O)COc2ccc([N+](=O)[O-])c(OC)c2)CC1.Cl. The largest absolute Gasteiger partial charge is 0.490 e. The summed E-state index contributed by atoms with van der Waals surface area (Å²) in [4.78, 5) is 24.3. The summed E-state index contributed by atoms with van der Waals surface area (Å²) in [5.41, 5.74) is -0.136. The van der Waals surface area contributed by atoms with E-state index in [1.165, 1.54) is 25.3 Å². The number of nitro groups is 1. The monoisotopic (exact) mass is 373 g/mol. The lowest BCUT2D eigenvalue weighted by atomic mass is 9.97. The van der Waals surface area contributed by atoms with Gasteiger partial charge in [0.15, 0.2) is 6.61 Å². The molecule has 0 bridgehead atoms. The first-order chi connectivity index (χ1) is 11.5. The number of piperidine rings is 1. The second-order valence-electron chi connectivity index (χ2n) is 5.76. The van der Waals surface area contributed by atoms with Crippen molar-refractivity contribution in [3.63, 3.8) is 0 Å². The fourth-order valence-electron chi connectivity index (χ4n) is 2.81. The number of hydrogen-bond acceptors (Lipinski definition) is 6. The van der Waals surface area contributed by atoms with Crippen LogP contribution < -0.4 is 14.8 Å². The molecular formula is C16H24ClN3O5. The molecule has 1 fully saturated rings. The van der Waals surface area contributed by atoms with Crippen LogP contribution >= 0.6 is 12.4 Å². The molecule has 1 heterocycles. The van der Waals surface area contributed by atoms with Crippen LogP contribution in [0.25, 0.3) is 0 Å². The van der Waals surface area contributed by atoms with Gasteiger partial charge < -0.3 is 19.7 Å². The van der Waals surface area contributed by atoms with Gasteiger partial charge >= 0.3 is 5.69 Å². The van der Waals surface area contributed by atoms with Crippen LogP contribution in [0.1, 0.15) is 12.8 Å². The first-order valence-corrected chi connectivity index (χ1v) is 7.92. The van der Waals surface area contributed by atoms with Crippen molar-refractivity contribution in [2.24, 2.45) is 5.92 Å². The Kier molecular flexibility index (Phi) is 8.44. The number of carbonyl (C=O) groups is 1. The summed E-state index contributed by atoms with van der Waals surface area (Å²) in [6.45, 7) is 2.36. The van der Waals surface area contributed by atoms with Crippen molar-refractivity contribution in [1.29, 1.82) is 0 Å². The number of benzene rings is 1. The molecule has 2 rings (SSSR count). The highest BCUT2D eigenvalue weighted by Crippen LogP contribution is 2.30. The zero-order chi connectivity index (χ0) is 17.5. The highest BCUT2D eigenvalue weighted by atomic mass is 35.5. The Labute approximate surface area is 153 Å². The molecule has 1 N–H and O–H groups in total. The first-order valence-electron chi connectivity index (χ1n) is 7.92. The minimum absolute atomic E-state index is 0. The molecule has 0 spiro atoms. The van der Waals surface area contributed by atoms with Crippen molar-refractivity contribution in [2.75, 3.05) is 40.4 Å². The molecule has 0 atom stereocenters. The molecule has 1 aromatic rings. The van der Waals surface area contributed by atoms with Crippen LogP contribution in [-0.2, 0) is 4.79 Å². The van der Waals surface area contributed by atoms with Crippen LogP contribution in [0.5, 0.6) is 11.5 Å². The van der Waals surface area contributed by atoms with E-state index in [4.69, 9.17) is 9.47 Å². The lowest BCUT2D eigenvalue weighted by molar-refractivity contribution is -0.385. The molecule has 0 saturated carbocycles. The van der Waals surface area contributed by atoms with E-state index in [2.05, 4.69) is 5.32 Å². The van der Waals surface area contributed by atoms with Crippen molar-refractivity contribution in [2.45, 2.75) is 12.8 Å². The molecule has 0 radical (unpaired) electrons. The molecule has 1 aromatic carbocycles. The highest BCUT2D eigenvalue weighted by Gasteiger charge is 2.23. The van der Waals surface area contributed by atoms with Gasteiger partial charge in [0.2, 0.25) is 5.75 Å². The van der Waals surface area contributed by atoms with E-state index in [1.54, 1.807) is 4.90 Å². The average molecular weight is 374 g/mol. The lowest BCUT2D eigenvalue weighted by Crippen LogP contribution is -2.42. The lowest BCUT2D eigenvalue weighted by Gasteiger charge is -2.31. The topological polar surface area (TPSA) is 93.9 Å². The average Bonchev–Trinajstić information content (AvgIpc) is 2.60. The van der Waals surface area contributed by atoms with E-state index in [9.17, 15) is 14.9 Å². The van der Waals surface area contributed by atoms with Gasteiger partial charge in [-0.05, 0) is 38.4 Å². The van der Waals surface area contributed by atoms with Crippen LogP contribution in [-0.4, -0.2) is 56.1 Å². The van der Waals surface area contributed by atoms with E-state index < -0.39 is 4.92 Å². The number of hydrogen-bond donors (Lipinski definition) is 1. The Morgan fingerprint density at radius 2 is 2.08 bits per heavy atom. The fourth-order valence-corrected chi connectivity index (χ4v) is 2.81. The van der Waals surface area contributed by atoms with Crippen LogP contribution in [0.4, 0.5) is 5.69 Å². The Bertz CT molecular complexity index is 591. The van der Waals surface area contributed by atoms with E-state index >= 15 is 0 Å². The second-order valence-corrected chi connectivity index (χ2v) is 5.76. The standard InChI is InChI=1S/C16H23N3O5.ClH/c1-17-10-12-5-7-18(8-6-12)16(20)11-24-13-3-4-14(19(21)22)15(9-13)23-2;/h3-4,9,12,17H,5-8,10-11H2,1-2H3;1H. The summed E-state index contributed by atoms with van der Waals surface area (Å²) in [6, 6.07) is 4.19. The number of methoxy groups -OCH3 is 1. The van der Waals surface area contributed by atoms with E-state index in [0.29, 0.717) is 11.7 Å². The third-order valence-electron chi connectivity index (χ3n) is 4.17. The minimum Gasteiger partial charge on any atom is -0.490 e. The Morgan fingerprint density at radius 1 is 1.40 bits per heavy atom. The fraction of sp³-hybridized carbons (Fsp3) is 0.562. The number of carbonyl (C=O) groups excluding carboxylic acids is 1. The summed E-state index contributed by atoms with van der Waals surface area (Å²) in [7, 11) is 3.29. The van der Waals surface area contributed by atoms with Crippen LogP contribution in [0.3, 0.4) is 0 Å². The number of nitrogens with zero attached hydrogens (tertiary/aromatic N) is 2. The van der Waals surface area contributed by atoms with Gasteiger partial charge in [0.25, 0.3) is 5.91 Å². The number of amides is 1. The van der Waals surface area contributed by atoms with Gasteiger partial charge in [-0.2, -0.15) is 0 Å². The van der Waals surface area contributed by atoms with Crippen LogP contribution in [0.2, 0.25) is 0 Å². The van der Waals surface area contributed by atoms with Gasteiger partial charge in [-0.1, -0.05) is 0 Å². The molecule has 9 heteroatoms. The van der Waals surface area contributed by atoms with Crippen molar-refractivity contribution in [3.8, 4) is 11.5 Å². The first kappa shape index (κ1) is 21.0. The van der Waals surface area contributed by atoms with E-state index in [-0.39, 0.29) is 36.4 Å². The molecule has 140 valence electrons. The van der Waals surface area contributed by atoms with Gasteiger partial charge in [-0.3, -0.25) is 14.9 Å². The molecule has 8 nitrogen and oxygen atoms in total. The molecule has 0 aliphatic carbocycles. The van der Waals surface area contributed by atoms with Gasteiger partial charge in [0.05, 0.1) is 12.0 Å². The molecule has 1 aliphatic heterocycles. The van der Waals surface area contributed by atoms with Crippen molar-refractivity contribution in [3.05, 3.63) is 28.3 Å². The Hall–Kier alpha value is -2.06. The minimum atomic E-state index is -0.525. The summed E-state index contributed by atoms with van der Waals surface area (Å²) in [5, 5.41) is 14.0. The van der Waals surface area contributed by atoms with Crippen LogP contribution in [0, 0.1) is 16.0 Å². The van der Waals surface area contributed by atoms with Gasteiger partial charge in [0, 0.05) is 25.2 Å². The maximum atomic E-state index is 12.2. The maximum absolute atomic E-state index is 12.2. The van der Waals surface area contributed by atoms with Crippen molar-refractivity contribution >= 4 is 24.0 Å². The third-order valence-corrected chi connectivity index (χ3v) is 4.17. The Morgan fingerprint density at radius 3 is 2.64 bits per heavy atom. The molecule has 0 aromatic heterocycles. The summed E-state index contributed by atoms with van der Waals surface area (Å²) in [6.07, 6.45) is 1.97. The van der Waals surface area contributed by atoms with Gasteiger partial charge in [0.1, 0.15) is 5.75 Å². The predicted octanol–water partition coefficient (Wildman–Crippen LogP) is 1.86. The number of ether oxygens (including phenoxy) is 2.